The summed E-state index contributed by atoms with van der Waals surface area (Å²) in [6.45, 7) is 1.77. The van der Waals surface area contributed by atoms with Crippen LogP contribution in [0.25, 0.3) is 34.0 Å². The maximum absolute atomic E-state index is 13.8. The molecule has 1 atom stereocenters. The Kier molecular flexibility index (Phi) is 8.19. The molecule has 0 amide bonds. The molecule has 3 aromatic carbocycles. The fraction of sp³-hybridized carbons (Fsp3) is 0.300. The number of aryl methyl sites for hydroxylation is 2. The van der Waals surface area contributed by atoms with Crippen LogP contribution in [0.2, 0.25) is 0 Å². The van der Waals surface area contributed by atoms with E-state index in [4.69, 9.17) is 9.63 Å². The summed E-state index contributed by atoms with van der Waals surface area (Å²) < 4.78 is 47.1. The molecule has 2 N–H and O–H groups in total. The SMILES string of the molecule is Cc1cc(-c2nc(-c3ccc4c(c3)CCC4NC3CC(C(=O)O)C3)no2)ccc1-c1cccc(I)c1C(F)(F)F.Cl. The van der Waals surface area contributed by atoms with Gasteiger partial charge in [-0.3, -0.25) is 4.79 Å². The van der Waals surface area contributed by atoms with Crippen molar-refractivity contribution in [3.05, 3.63) is 80.4 Å². The van der Waals surface area contributed by atoms with Gasteiger partial charge in [0.1, 0.15) is 0 Å². The molecule has 1 heterocycles. The molecule has 2 aliphatic carbocycles. The first kappa shape index (κ1) is 29.5. The molecule has 6 rings (SSSR count). The third-order valence-corrected chi connectivity index (χ3v) is 8.79. The highest BCUT2D eigenvalue weighted by Crippen LogP contribution is 2.42. The standard InChI is InChI=1S/C30H25F3IN3O3.ClH/c1-15-11-18(6-8-21(15)23-3-2-4-24(34)26(23)30(31,32)33)28-36-27(37-40-28)17-5-9-22-16(12-17)7-10-25(22)35-20-13-19(14-20)29(38)39;/h2-6,8-9,11-12,19-20,25,35H,7,10,13-14H2,1H3,(H,38,39);1H. The van der Waals surface area contributed by atoms with E-state index in [9.17, 15) is 18.0 Å². The number of nitrogens with one attached hydrogen (secondary N) is 1. The number of carbonyl (C=O) groups is 1. The number of fused-ring (bicyclic) bond motifs is 1. The Morgan fingerprint density at radius 3 is 2.54 bits per heavy atom. The van der Waals surface area contributed by atoms with Gasteiger partial charge in [-0.25, -0.2) is 0 Å². The van der Waals surface area contributed by atoms with Gasteiger partial charge in [0.25, 0.3) is 5.89 Å². The Labute approximate surface area is 254 Å². The highest BCUT2D eigenvalue weighted by molar-refractivity contribution is 14.1. The van der Waals surface area contributed by atoms with E-state index < -0.39 is 17.7 Å². The van der Waals surface area contributed by atoms with E-state index in [-0.39, 0.29) is 39.5 Å². The largest absolute Gasteiger partial charge is 0.481 e. The van der Waals surface area contributed by atoms with E-state index in [0.29, 0.717) is 41.2 Å². The maximum atomic E-state index is 13.8. The van der Waals surface area contributed by atoms with Crippen molar-refractivity contribution in [1.29, 1.82) is 0 Å². The maximum Gasteiger partial charge on any atom is 0.418 e. The van der Waals surface area contributed by atoms with Gasteiger partial charge in [0.15, 0.2) is 0 Å². The molecule has 2 aliphatic rings. The van der Waals surface area contributed by atoms with Crippen LogP contribution in [0.3, 0.4) is 0 Å². The van der Waals surface area contributed by atoms with Crippen LogP contribution >= 0.6 is 35.0 Å². The number of nitrogens with zero attached hydrogens (tertiary/aromatic N) is 2. The van der Waals surface area contributed by atoms with Crippen molar-refractivity contribution in [1.82, 2.24) is 15.5 Å². The quantitative estimate of drug-likeness (QED) is 0.200. The fourth-order valence-corrected chi connectivity index (χ4v) is 6.57. The van der Waals surface area contributed by atoms with Gasteiger partial charge in [0.05, 0.1) is 11.5 Å². The van der Waals surface area contributed by atoms with Crippen molar-refractivity contribution in [3.63, 3.8) is 0 Å². The molecule has 41 heavy (non-hydrogen) atoms. The molecular weight excluding hydrogens is 670 g/mol. The second-order valence-electron chi connectivity index (χ2n) is 10.5. The molecule has 6 nitrogen and oxygen atoms in total. The number of hydrogen-bond donors (Lipinski definition) is 2. The zero-order valence-electron chi connectivity index (χ0n) is 21.8. The predicted molar refractivity (Wildman–Crippen MR) is 159 cm³/mol. The molecule has 4 aromatic rings. The smallest absolute Gasteiger partial charge is 0.418 e. The van der Waals surface area contributed by atoms with E-state index in [1.165, 1.54) is 23.3 Å². The normalized spacial score (nSPS) is 19.8. The first-order valence-electron chi connectivity index (χ1n) is 13.0. The zero-order chi connectivity index (χ0) is 28.2. The van der Waals surface area contributed by atoms with E-state index in [0.717, 1.165) is 18.4 Å². The molecule has 0 radical (unpaired) electrons. The topological polar surface area (TPSA) is 88.2 Å². The molecule has 1 aromatic heterocycles. The number of hydrogen-bond acceptors (Lipinski definition) is 5. The first-order valence-corrected chi connectivity index (χ1v) is 14.1. The van der Waals surface area contributed by atoms with Gasteiger partial charge in [-0.2, -0.15) is 18.2 Å². The van der Waals surface area contributed by atoms with Crippen LogP contribution in [0.15, 0.2) is 59.1 Å². The summed E-state index contributed by atoms with van der Waals surface area (Å²) in [7, 11) is 0. The molecule has 0 aliphatic heterocycles. The van der Waals surface area contributed by atoms with Crippen molar-refractivity contribution in [3.8, 4) is 34.0 Å². The summed E-state index contributed by atoms with van der Waals surface area (Å²) in [4.78, 5) is 15.7. The molecule has 1 unspecified atom stereocenters. The zero-order valence-corrected chi connectivity index (χ0v) is 24.8. The van der Waals surface area contributed by atoms with Crippen molar-refractivity contribution < 1.29 is 27.6 Å². The van der Waals surface area contributed by atoms with Gasteiger partial charge in [-0.1, -0.05) is 35.5 Å². The third-order valence-electron chi connectivity index (χ3n) is 7.89. The van der Waals surface area contributed by atoms with E-state index in [1.54, 1.807) is 53.8 Å². The van der Waals surface area contributed by atoms with Crippen LogP contribution < -0.4 is 5.32 Å². The number of halogens is 5. The third kappa shape index (κ3) is 5.74. The lowest BCUT2D eigenvalue weighted by atomic mass is 9.80. The summed E-state index contributed by atoms with van der Waals surface area (Å²) in [6.07, 6.45) is -1.28. The van der Waals surface area contributed by atoms with Gasteiger partial charge in [0, 0.05) is 26.8 Å². The van der Waals surface area contributed by atoms with Gasteiger partial charge in [-0.05, 0) is 107 Å². The summed E-state index contributed by atoms with van der Waals surface area (Å²) >= 11 is 1.72. The minimum atomic E-state index is -4.47. The number of aliphatic carboxylic acids is 1. The Morgan fingerprint density at radius 2 is 1.83 bits per heavy atom. The highest BCUT2D eigenvalue weighted by atomic mass is 127. The highest BCUT2D eigenvalue weighted by Gasteiger charge is 2.37. The van der Waals surface area contributed by atoms with E-state index >= 15 is 0 Å². The average Bonchev–Trinajstić information content (AvgIpc) is 3.52. The number of alkyl halides is 3. The van der Waals surface area contributed by atoms with Crippen molar-refractivity contribution >= 4 is 41.0 Å². The number of carboxylic acids is 1. The molecule has 214 valence electrons. The predicted octanol–water partition coefficient (Wildman–Crippen LogP) is 7.86. The monoisotopic (exact) mass is 695 g/mol. The molecule has 0 spiro atoms. The van der Waals surface area contributed by atoms with Crippen LogP contribution in [0.5, 0.6) is 0 Å². The molecule has 1 saturated carbocycles. The number of benzene rings is 3. The Hall–Kier alpha value is -2.96. The molecule has 0 bridgehead atoms. The van der Waals surface area contributed by atoms with Gasteiger partial charge >= 0.3 is 12.1 Å². The summed E-state index contributed by atoms with van der Waals surface area (Å²) in [5.74, 6) is -0.230. The van der Waals surface area contributed by atoms with Crippen LogP contribution in [0.4, 0.5) is 13.2 Å². The first-order chi connectivity index (χ1) is 19.1. The lowest BCUT2D eigenvalue weighted by Crippen LogP contribution is -2.45. The average molecular weight is 696 g/mol. The van der Waals surface area contributed by atoms with Gasteiger partial charge in [0.2, 0.25) is 5.82 Å². The van der Waals surface area contributed by atoms with Crippen LogP contribution in [-0.2, 0) is 17.4 Å². The van der Waals surface area contributed by atoms with E-state index in [2.05, 4.69) is 27.6 Å². The van der Waals surface area contributed by atoms with Crippen LogP contribution in [0, 0.1) is 16.4 Å². The fourth-order valence-electron chi connectivity index (χ4n) is 5.76. The number of rotatable bonds is 6. The Bertz CT molecular complexity index is 1620. The minimum absolute atomic E-state index is 0. The minimum Gasteiger partial charge on any atom is -0.481 e. The summed E-state index contributed by atoms with van der Waals surface area (Å²) in [6, 6.07) is 16.2. The molecule has 0 saturated heterocycles. The van der Waals surface area contributed by atoms with Crippen LogP contribution in [0.1, 0.15) is 47.6 Å². The lowest BCUT2D eigenvalue weighted by molar-refractivity contribution is -0.145. The van der Waals surface area contributed by atoms with Crippen molar-refractivity contribution in [2.24, 2.45) is 5.92 Å². The summed E-state index contributed by atoms with van der Waals surface area (Å²) in [5, 5.41) is 16.9. The Morgan fingerprint density at radius 1 is 1.07 bits per heavy atom. The van der Waals surface area contributed by atoms with Gasteiger partial charge < -0.3 is 14.9 Å². The second kappa shape index (κ2) is 11.4. The van der Waals surface area contributed by atoms with Crippen LogP contribution in [-0.4, -0.2) is 27.3 Å². The van der Waals surface area contributed by atoms with Crippen molar-refractivity contribution in [2.75, 3.05) is 0 Å². The lowest BCUT2D eigenvalue weighted by Gasteiger charge is -2.35. The number of carboxylic acid groups (broad SMARTS) is 1. The van der Waals surface area contributed by atoms with Crippen molar-refractivity contribution in [2.45, 2.75) is 50.9 Å². The second-order valence-corrected chi connectivity index (χ2v) is 11.7. The summed E-state index contributed by atoms with van der Waals surface area (Å²) in [5.41, 5.74) is 4.53. The Balaban J connectivity index is 0.00000337. The number of aromatic nitrogens is 2. The molecular formula is C30H26ClF3IN3O3. The molecule has 1 fully saturated rings. The van der Waals surface area contributed by atoms with Gasteiger partial charge in [-0.15, -0.1) is 12.4 Å². The molecule has 11 heteroatoms. The van der Waals surface area contributed by atoms with E-state index in [1.807, 2.05) is 6.07 Å².